The summed E-state index contributed by atoms with van der Waals surface area (Å²) in [4.78, 5) is 18.3. The average Bonchev–Trinajstić information content (AvgIpc) is 2.33. The average molecular weight is 238 g/mol. The van der Waals surface area contributed by atoms with Gasteiger partial charge >= 0.3 is 0 Å². The number of hydrogen-bond donors (Lipinski definition) is 1. The normalized spacial score (nSPS) is 10.9. The van der Waals surface area contributed by atoms with E-state index in [4.69, 9.17) is 5.73 Å². The zero-order valence-corrected chi connectivity index (χ0v) is 10.9. The summed E-state index contributed by atoms with van der Waals surface area (Å²) in [5, 5.41) is 0. The third-order valence-electron chi connectivity index (χ3n) is 3.02. The summed E-state index contributed by atoms with van der Waals surface area (Å²) in [6, 6.07) is 0.321. The minimum absolute atomic E-state index is 0.0622. The molecule has 5 nitrogen and oxygen atoms in total. The summed E-state index contributed by atoms with van der Waals surface area (Å²) in [7, 11) is 1.74. The van der Waals surface area contributed by atoms with Crippen LogP contribution in [-0.2, 0) is 7.05 Å². The van der Waals surface area contributed by atoms with Crippen molar-refractivity contribution >= 4 is 5.82 Å². The van der Waals surface area contributed by atoms with Gasteiger partial charge in [-0.25, -0.2) is 4.98 Å². The maximum absolute atomic E-state index is 12.0. The van der Waals surface area contributed by atoms with Crippen molar-refractivity contribution in [1.82, 2.24) is 9.55 Å². The highest BCUT2D eigenvalue weighted by molar-refractivity contribution is 5.37. The molecule has 2 N–H and O–H groups in total. The molecule has 0 amide bonds. The first-order chi connectivity index (χ1) is 8.15. The highest BCUT2D eigenvalue weighted by Crippen LogP contribution is 2.13. The Bertz CT molecular complexity index is 398. The minimum atomic E-state index is -0.0622. The molecule has 0 radical (unpaired) electrons. The predicted molar refractivity (Wildman–Crippen MR) is 70.2 cm³/mol. The highest BCUT2D eigenvalue weighted by atomic mass is 16.1. The van der Waals surface area contributed by atoms with Crippen molar-refractivity contribution in [3.63, 3.8) is 0 Å². The maximum Gasteiger partial charge on any atom is 0.293 e. The van der Waals surface area contributed by atoms with E-state index in [0.29, 0.717) is 24.9 Å². The molecular weight excluding hydrogens is 216 g/mol. The van der Waals surface area contributed by atoms with E-state index in [1.807, 2.05) is 4.90 Å². The zero-order chi connectivity index (χ0) is 12.8. The van der Waals surface area contributed by atoms with Gasteiger partial charge in [-0.05, 0) is 12.8 Å². The topological polar surface area (TPSA) is 64.2 Å². The second-order valence-corrected chi connectivity index (χ2v) is 4.12. The van der Waals surface area contributed by atoms with Gasteiger partial charge in [0, 0.05) is 38.6 Å². The molecule has 0 fully saturated rings. The van der Waals surface area contributed by atoms with Crippen LogP contribution < -0.4 is 16.2 Å². The van der Waals surface area contributed by atoms with Crippen LogP contribution >= 0.6 is 0 Å². The summed E-state index contributed by atoms with van der Waals surface area (Å²) in [5.74, 6) is 0.508. The fourth-order valence-electron chi connectivity index (χ4n) is 2.01. The van der Waals surface area contributed by atoms with Crippen molar-refractivity contribution in [2.24, 2.45) is 12.8 Å². The SMILES string of the molecule is CCC(CC)N(CCN)c1nccn(C)c1=O. The Labute approximate surface area is 102 Å². The van der Waals surface area contributed by atoms with Crippen molar-refractivity contribution in [2.45, 2.75) is 32.7 Å². The molecule has 0 saturated carbocycles. The molecule has 17 heavy (non-hydrogen) atoms. The Morgan fingerprint density at radius 2 is 2.12 bits per heavy atom. The lowest BCUT2D eigenvalue weighted by molar-refractivity contribution is 0.549. The van der Waals surface area contributed by atoms with Crippen LogP contribution in [0.1, 0.15) is 26.7 Å². The van der Waals surface area contributed by atoms with E-state index in [1.54, 1.807) is 24.0 Å². The van der Waals surface area contributed by atoms with Crippen LogP contribution in [0.25, 0.3) is 0 Å². The van der Waals surface area contributed by atoms with E-state index in [1.165, 1.54) is 0 Å². The quantitative estimate of drug-likeness (QED) is 0.793. The number of nitrogens with two attached hydrogens (primary N) is 1. The molecule has 1 heterocycles. The van der Waals surface area contributed by atoms with Gasteiger partial charge in [-0.1, -0.05) is 13.8 Å². The van der Waals surface area contributed by atoms with Gasteiger partial charge in [-0.2, -0.15) is 0 Å². The second-order valence-electron chi connectivity index (χ2n) is 4.12. The molecule has 0 aliphatic rings. The van der Waals surface area contributed by atoms with Gasteiger partial charge < -0.3 is 15.2 Å². The van der Waals surface area contributed by atoms with Crippen molar-refractivity contribution in [1.29, 1.82) is 0 Å². The lowest BCUT2D eigenvalue weighted by atomic mass is 10.1. The minimum Gasteiger partial charge on any atom is -0.348 e. The largest absolute Gasteiger partial charge is 0.348 e. The van der Waals surface area contributed by atoms with Gasteiger partial charge in [0.1, 0.15) is 0 Å². The van der Waals surface area contributed by atoms with Crippen molar-refractivity contribution < 1.29 is 0 Å². The molecule has 96 valence electrons. The zero-order valence-electron chi connectivity index (χ0n) is 10.9. The molecule has 1 rings (SSSR count). The summed E-state index contributed by atoms with van der Waals surface area (Å²) in [5.41, 5.74) is 5.56. The molecule has 0 unspecified atom stereocenters. The lowest BCUT2D eigenvalue weighted by Gasteiger charge is -2.30. The van der Waals surface area contributed by atoms with E-state index in [9.17, 15) is 4.79 Å². The molecule has 1 aromatic rings. The number of rotatable bonds is 6. The fourth-order valence-corrected chi connectivity index (χ4v) is 2.01. The Balaban J connectivity index is 3.13. The summed E-state index contributed by atoms with van der Waals surface area (Å²) in [6.07, 6.45) is 5.29. The third-order valence-corrected chi connectivity index (χ3v) is 3.02. The molecule has 1 aromatic heterocycles. The summed E-state index contributed by atoms with van der Waals surface area (Å²) < 4.78 is 1.55. The van der Waals surface area contributed by atoms with Crippen LogP contribution in [0.5, 0.6) is 0 Å². The Hall–Kier alpha value is -1.36. The second kappa shape index (κ2) is 6.39. The maximum atomic E-state index is 12.0. The van der Waals surface area contributed by atoms with E-state index >= 15 is 0 Å². The Morgan fingerprint density at radius 3 is 2.65 bits per heavy atom. The van der Waals surface area contributed by atoms with Gasteiger partial charge in [-0.15, -0.1) is 0 Å². The molecule has 0 bridgehead atoms. The number of nitrogens with zero attached hydrogens (tertiary/aromatic N) is 3. The Morgan fingerprint density at radius 1 is 1.47 bits per heavy atom. The summed E-state index contributed by atoms with van der Waals surface area (Å²) >= 11 is 0. The number of hydrogen-bond acceptors (Lipinski definition) is 4. The van der Waals surface area contributed by atoms with Gasteiger partial charge in [0.25, 0.3) is 5.56 Å². The van der Waals surface area contributed by atoms with E-state index in [-0.39, 0.29) is 5.56 Å². The van der Waals surface area contributed by atoms with Gasteiger partial charge in [-0.3, -0.25) is 4.79 Å². The van der Waals surface area contributed by atoms with Crippen LogP contribution in [0.2, 0.25) is 0 Å². The van der Waals surface area contributed by atoms with Crippen molar-refractivity contribution in [2.75, 3.05) is 18.0 Å². The first-order valence-corrected chi connectivity index (χ1v) is 6.14. The summed E-state index contributed by atoms with van der Waals surface area (Å²) in [6.45, 7) is 5.42. The first-order valence-electron chi connectivity index (χ1n) is 6.14. The predicted octanol–water partition coefficient (Wildman–Crippen LogP) is 0.734. The Kier molecular flexibility index (Phi) is 5.15. The monoisotopic (exact) mass is 238 g/mol. The smallest absolute Gasteiger partial charge is 0.293 e. The molecule has 0 aliphatic heterocycles. The molecular formula is C12H22N4O. The fraction of sp³-hybridized carbons (Fsp3) is 0.667. The van der Waals surface area contributed by atoms with Gasteiger partial charge in [0.2, 0.25) is 0 Å². The number of aromatic nitrogens is 2. The molecule has 0 spiro atoms. The van der Waals surface area contributed by atoms with Crippen LogP contribution in [0.15, 0.2) is 17.2 Å². The van der Waals surface area contributed by atoms with E-state index < -0.39 is 0 Å². The molecule has 0 saturated heterocycles. The van der Waals surface area contributed by atoms with Crippen molar-refractivity contribution in [3.8, 4) is 0 Å². The van der Waals surface area contributed by atoms with Crippen LogP contribution in [0.4, 0.5) is 5.82 Å². The van der Waals surface area contributed by atoms with E-state index in [0.717, 1.165) is 12.8 Å². The number of anilines is 1. The van der Waals surface area contributed by atoms with Crippen LogP contribution in [-0.4, -0.2) is 28.7 Å². The van der Waals surface area contributed by atoms with Crippen molar-refractivity contribution in [3.05, 3.63) is 22.7 Å². The number of aryl methyl sites for hydroxylation is 1. The molecule has 0 aromatic carbocycles. The molecule has 0 aliphatic carbocycles. The molecule has 0 atom stereocenters. The molecule has 5 heteroatoms. The first kappa shape index (κ1) is 13.7. The standard InChI is InChI=1S/C12H22N4O/c1-4-10(5-2)16(8-6-13)11-12(17)15(3)9-7-14-11/h7,9-10H,4-6,8,13H2,1-3H3. The van der Waals surface area contributed by atoms with Gasteiger partial charge in [0.15, 0.2) is 5.82 Å². The lowest BCUT2D eigenvalue weighted by Crippen LogP contribution is -2.42. The van der Waals surface area contributed by atoms with E-state index in [2.05, 4.69) is 18.8 Å². The highest BCUT2D eigenvalue weighted by Gasteiger charge is 2.19. The van der Waals surface area contributed by atoms with Crippen LogP contribution in [0, 0.1) is 0 Å². The third kappa shape index (κ3) is 3.06. The van der Waals surface area contributed by atoms with Gasteiger partial charge in [0.05, 0.1) is 0 Å². The van der Waals surface area contributed by atoms with Crippen LogP contribution in [0.3, 0.4) is 0 Å².